The van der Waals surface area contributed by atoms with Crippen LogP contribution in [-0.4, -0.2) is 22.1 Å². The normalized spacial score (nSPS) is 10.4. The third-order valence-corrected chi connectivity index (χ3v) is 2.15. The first kappa shape index (κ1) is 10.6. The lowest BCUT2D eigenvalue weighted by molar-refractivity contribution is 0.386. The van der Waals surface area contributed by atoms with E-state index in [0.29, 0.717) is 17.9 Å². The van der Waals surface area contributed by atoms with Crippen LogP contribution in [-0.2, 0) is 6.54 Å². The highest BCUT2D eigenvalue weighted by molar-refractivity contribution is 5.38. The lowest BCUT2D eigenvalue weighted by Crippen LogP contribution is -1.97. The number of aromatic nitrogens is 3. The van der Waals surface area contributed by atoms with Gasteiger partial charge in [-0.3, -0.25) is 0 Å². The highest BCUT2D eigenvalue weighted by Gasteiger charge is 2.06. The van der Waals surface area contributed by atoms with Gasteiger partial charge in [-0.2, -0.15) is 0 Å². The largest absolute Gasteiger partial charge is 0.494 e. The van der Waals surface area contributed by atoms with Crippen LogP contribution in [0.25, 0.3) is 5.69 Å². The summed E-state index contributed by atoms with van der Waals surface area (Å²) in [4.78, 5) is 0. The second kappa shape index (κ2) is 4.28. The topological polar surface area (TPSA) is 66.0 Å². The Labute approximate surface area is 91.6 Å². The zero-order chi connectivity index (χ0) is 11.5. The summed E-state index contributed by atoms with van der Waals surface area (Å²) in [5.41, 5.74) is 6.63. The van der Waals surface area contributed by atoms with E-state index >= 15 is 0 Å². The van der Waals surface area contributed by atoms with Gasteiger partial charge in [-0.1, -0.05) is 5.21 Å². The van der Waals surface area contributed by atoms with Crippen LogP contribution in [0.3, 0.4) is 0 Å². The molecule has 2 N–H and O–H groups in total. The first-order chi connectivity index (χ1) is 7.74. The SMILES string of the molecule is COc1ccc(-n2cc(CN)nn2)cc1F. The summed E-state index contributed by atoms with van der Waals surface area (Å²) in [6, 6.07) is 4.55. The summed E-state index contributed by atoms with van der Waals surface area (Å²) in [5, 5.41) is 7.65. The molecule has 0 aliphatic carbocycles. The number of hydrogen-bond acceptors (Lipinski definition) is 4. The second-order valence-corrected chi connectivity index (χ2v) is 3.18. The van der Waals surface area contributed by atoms with E-state index in [4.69, 9.17) is 10.5 Å². The minimum Gasteiger partial charge on any atom is -0.494 e. The third kappa shape index (κ3) is 1.87. The van der Waals surface area contributed by atoms with Crippen molar-refractivity contribution in [2.24, 2.45) is 5.73 Å². The molecular weight excluding hydrogens is 211 g/mol. The lowest BCUT2D eigenvalue weighted by Gasteiger charge is -2.04. The second-order valence-electron chi connectivity index (χ2n) is 3.18. The standard InChI is InChI=1S/C10H11FN4O/c1-16-10-3-2-8(4-9(10)11)15-6-7(5-12)13-14-15/h2-4,6H,5,12H2,1H3. The molecule has 16 heavy (non-hydrogen) atoms. The van der Waals surface area contributed by atoms with Gasteiger partial charge in [0.15, 0.2) is 11.6 Å². The van der Waals surface area contributed by atoms with Gasteiger partial charge >= 0.3 is 0 Å². The Morgan fingerprint density at radius 3 is 2.88 bits per heavy atom. The summed E-state index contributed by atoms with van der Waals surface area (Å²) in [6.45, 7) is 0.304. The summed E-state index contributed by atoms with van der Waals surface area (Å²) in [6.07, 6.45) is 1.65. The van der Waals surface area contributed by atoms with E-state index in [-0.39, 0.29) is 5.75 Å². The maximum atomic E-state index is 13.4. The van der Waals surface area contributed by atoms with Crippen LogP contribution in [0.1, 0.15) is 5.69 Å². The number of ether oxygens (including phenoxy) is 1. The van der Waals surface area contributed by atoms with E-state index in [1.807, 2.05) is 0 Å². The van der Waals surface area contributed by atoms with Crippen molar-refractivity contribution < 1.29 is 9.13 Å². The molecule has 0 aliphatic rings. The summed E-state index contributed by atoms with van der Waals surface area (Å²) < 4.78 is 19.7. The molecule has 1 aromatic heterocycles. The fourth-order valence-corrected chi connectivity index (χ4v) is 1.32. The van der Waals surface area contributed by atoms with Crippen molar-refractivity contribution in [1.29, 1.82) is 0 Å². The molecule has 0 saturated carbocycles. The van der Waals surface area contributed by atoms with Crippen molar-refractivity contribution in [2.45, 2.75) is 6.54 Å². The van der Waals surface area contributed by atoms with Gasteiger partial charge in [0, 0.05) is 12.6 Å². The van der Waals surface area contributed by atoms with Crippen LogP contribution in [0.2, 0.25) is 0 Å². The average Bonchev–Trinajstić information content (AvgIpc) is 2.77. The van der Waals surface area contributed by atoms with Gasteiger partial charge < -0.3 is 10.5 Å². The molecular formula is C10H11FN4O. The molecule has 0 spiro atoms. The number of benzene rings is 1. The van der Waals surface area contributed by atoms with E-state index < -0.39 is 5.82 Å². The predicted octanol–water partition coefficient (Wildman–Crippen LogP) is 0.874. The maximum Gasteiger partial charge on any atom is 0.167 e. The number of methoxy groups -OCH3 is 1. The van der Waals surface area contributed by atoms with E-state index in [1.165, 1.54) is 23.9 Å². The van der Waals surface area contributed by atoms with E-state index in [1.54, 1.807) is 12.3 Å². The smallest absolute Gasteiger partial charge is 0.167 e. The minimum absolute atomic E-state index is 0.197. The highest BCUT2D eigenvalue weighted by Crippen LogP contribution is 2.19. The van der Waals surface area contributed by atoms with Gasteiger partial charge in [0.2, 0.25) is 0 Å². The molecule has 0 bridgehead atoms. The molecule has 0 amide bonds. The summed E-state index contributed by atoms with van der Waals surface area (Å²) in [7, 11) is 1.42. The van der Waals surface area contributed by atoms with Crippen LogP contribution in [0.5, 0.6) is 5.75 Å². The zero-order valence-corrected chi connectivity index (χ0v) is 8.72. The Balaban J connectivity index is 2.37. The van der Waals surface area contributed by atoms with Crippen molar-refractivity contribution in [3.8, 4) is 11.4 Å². The van der Waals surface area contributed by atoms with Crippen LogP contribution in [0, 0.1) is 5.82 Å². The number of rotatable bonds is 3. The van der Waals surface area contributed by atoms with Crippen molar-refractivity contribution >= 4 is 0 Å². The Morgan fingerprint density at radius 2 is 2.31 bits per heavy atom. The van der Waals surface area contributed by atoms with Gasteiger partial charge in [0.1, 0.15) is 0 Å². The Hall–Kier alpha value is -1.95. The fourth-order valence-electron chi connectivity index (χ4n) is 1.32. The van der Waals surface area contributed by atoms with E-state index in [2.05, 4.69) is 10.3 Å². The number of nitrogens with two attached hydrogens (primary N) is 1. The van der Waals surface area contributed by atoms with Gasteiger partial charge in [0.05, 0.1) is 24.7 Å². The van der Waals surface area contributed by atoms with Gasteiger partial charge in [-0.25, -0.2) is 9.07 Å². The molecule has 0 radical (unpaired) electrons. The lowest BCUT2D eigenvalue weighted by atomic mass is 10.3. The predicted molar refractivity (Wildman–Crippen MR) is 55.8 cm³/mol. The van der Waals surface area contributed by atoms with Gasteiger partial charge in [-0.05, 0) is 12.1 Å². The van der Waals surface area contributed by atoms with Crippen LogP contribution in [0.4, 0.5) is 4.39 Å². The number of halogens is 1. The number of hydrogen-bond donors (Lipinski definition) is 1. The molecule has 2 rings (SSSR count). The molecule has 6 heteroatoms. The van der Waals surface area contributed by atoms with Crippen molar-refractivity contribution in [2.75, 3.05) is 7.11 Å². The minimum atomic E-state index is -0.440. The van der Waals surface area contributed by atoms with Gasteiger partial charge in [0.25, 0.3) is 0 Å². The molecule has 0 aliphatic heterocycles. The first-order valence-corrected chi connectivity index (χ1v) is 4.70. The van der Waals surface area contributed by atoms with Crippen LogP contribution >= 0.6 is 0 Å². The highest BCUT2D eigenvalue weighted by atomic mass is 19.1. The fraction of sp³-hybridized carbons (Fsp3) is 0.200. The molecule has 84 valence electrons. The quantitative estimate of drug-likeness (QED) is 0.837. The summed E-state index contributed by atoms with van der Waals surface area (Å²) >= 11 is 0. The molecule has 1 aromatic carbocycles. The maximum absolute atomic E-state index is 13.4. The third-order valence-electron chi connectivity index (χ3n) is 2.15. The van der Waals surface area contributed by atoms with Crippen LogP contribution in [0.15, 0.2) is 24.4 Å². The molecule has 2 aromatic rings. The monoisotopic (exact) mass is 222 g/mol. The molecule has 0 fully saturated rings. The van der Waals surface area contributed by atoms with Crippen molar-refractivity contribution in [3.63, 3.8) is 0 Å². The van der Waals surface area contributed by atoms with Crippen LogP contribution < -0.4 is 10.5 Å². The molecule has 1 heterocycles. The Bertz CT molecular complexity index is 497. The molecule has 5 nitrogen and oxygen atoms in total. The number of nitrogens with zero attached hydrogens (tertiary/aromatic N) is 3. The summed E-state index contributed by atoms with van der Waals surface area (Å²) in [5.74, 6) is -0.243. The first-order valence-electron chi connectivity index (χ1n) is 4.70. The molecule has 0 saturated heterocycles. The van der Waals surface area contributed by atoms with Crippen molar-refractivity contribution in [3.05, 3.63) is 35.9 Å². The van der Waals surface area contributed by atoms with E-state index in [0.717, 1.165) is 0 Å². The Kier molecular flexibility index (Phi) is 2.82. The molecule has 0 unspecified atom stereocenters. The molecule has 0 atom stereocenters. The Morgan fingerprint density at radius 1 is 1.50 bits per heavy atom. The average molecular weight is 222 g/mol. The van der Waals surface area contributed by atoms with Crippen molar-refractivity contribution in [1.82, 2.24) is 15.0 Å². The van der Waals surface area contributed by atoms with E-state index in [9.17, 15) is 4.39 Å². The zero-order valence-electron chi connectivity index (χ0n) is 8.72. The van der Waals surface area contributed by atoms with Gasteiger partial charge in [-0.15, -0.1) is 5.10 Å².